The van der Waals surface area contributed by atoms with Gasteiger partial charge in [0.15, 0.2) is 0 Å². The Morgan fingerprint density at radius 1 is 1.10 bits per heavy atom. The smallest absolute Gasteiger partial charge is 0.237 e. The van der Waals surface area contributed by atoms with E-state index in [9.17, 15) is 20.3 Å². The highest BCUT2D eigenvalue weighted by Crippen LogP contribution is 2.53. The van der Waals surface area contributed by atoms with Crippen LogP contribution in [0.5, 0.6) is 11.5 Å². The number of hydrogen-bond donors (Lipinski definition) is 3. The van der Waals surface area contributed by atoms with Crippen molar-refractivity contribution in [3.05, 3.63) is 106 Å². The van der Waals surface area contributed by atoms with E-state index in [2.05, 4.69) is 36.3 Å². The van der Waals surface area contributed by atoms with Crippen molar-refractivity contribution in [3.63, 3.8) is 0 Å². The van der Waals surface area contributed by atoms with Gasteiger partial charge in [-0.05, 0) is 30.2 Å². The number of nitrogens with one attached hydrogen (secondary N) is 1. The molecule has 1 amide bonds. The molecule has 1 aliphatic heterocycles. The van der Waals surface area contributed by atoms with E-state index in [1.165, 1.54) is 6.20 Å². The molecule has 1 aromatic heterocycles. The number of hydrogen-bond acceptors (Lipinski definition) is 9. The second-order valence-electron chi connectivity index (χ2n) is 13.2. The van der Waals surface area contributed by atoms with Crippen LogP contribution in [0.3, 0.4) is 0 Å². The quantitative estimate of drug-likeness (QED) is 0.229. The molecule has 2 aliphatic rings. The molecule has 1 unspecified atom stereocenters. The summed E-state index contributed by atoms with van der Waals surface area (Å²) in [5.41, 5.74) is 1.06. The van der Waals surface area contributed by atoms with Crippen molar-refractivity contribution < 1.29 is 29.2 Å². The highest BCUT2D eigenvalue weighted by Gasteiger charge is 2.55. The third-order valence-electron chi connectivity index (χ3n) is 9.49. The maximum absolute atomic E-state index is 14.6. The molecule has 49 heavy (non-hydrogen) atoms. The molecular weight excluding hydrogens is 644 g/mol. The van der Waals surface area contributed by atoms with Crippen LogP contribution in [0, 0.1) is 22.2 Å². The van der Waals surface area contributed by atoms with Crippen molar-refractivity contribution in [3.8, 4) is 17.6 Å². The van der Waals surface area contributed by atoms with E-state index in [1.807, 2.05) is 47.4 Å². The Balaban J connectivity index is 1.49. The molecule has 5 rings (SSSR count). The van der Waals surface area contributed by atoms with Crippen LogP contribution in [0.15, 0.2) is 79.2 Å². The fourth-order valence-electron chi connectivity index (χ4n) is 6.13. The molecule has 2 aromatic carbocycles. The van der Waals surface area contributed by atoms with Gasteiger partial charge in [0.25, 0.3) is 0 Å². The SMILES string of the molecule is CC(CO)(CO)NCc1cc(Cl)c(OCC2(C(=O)N3CCOCC3)C=CC=C(c3ccccc3)C2(C)C)cc1OCc1cncc(C#N)c1. The zero-order valence-corrected chi connectivity index (χ0v) is 28.9. The van der Waals surface area contributed by atoms with Crippen molar-refractivity contribution in [2.45, 2.75) is 39.5 Å². The number of allylic oxidation sites excluding steroid dienone is 3. The summed E-state index contributed by atoms with van der Waals surface area (Å²) in [4.78, 5) is 20.6. The number of nitrogens with zero attached hydrogens (tertiary/aromatic N) is 3. The molecule has 1 fully saturated rings. The fourth-order valence-corrected chi connectivity index (χ4v) is 6.37. The highest BCUT2D eigenvalue weighted by atomic mass is 35.5. The second-order valence-corrected chi connectivity index (χ2v) is 13.6. The Kier molecular flexibility index (Phi) is 11.4. The lowest BCUT2D eigenvalue weighted by Crippen LogP contribution is -2.57. The largest absolute Gasteiger partial charge is 0.490 e. The van der Waals surface area contributed by atoms with Gasteiger partial charge in [0.05, 0.1) is 42.6 Å². The van der Waals surface area contributed by atoms with Gasteiger partial charge < -0.3 is 34.6 Å². The topological polar surface area (TPSA) is 137 Å². The number of amides is 1. The van der Waals surface area contributed by atoms with Gasteiger partial charge in [-0.15, -0.1) is 0 Å². The number of carbonyl (C=O) groups excluding carboxylic acids is 1. The molecule has 1 saturated heterocycles. The number of halogens is 1. The van der Waals surface area contributed by atoms with E-state index < -0.39 is 16.4 Å². The zero-order valence-electron chi connectivity index (χ0n) is 28.1. The molecule has 1 atom stereocenters. The molecule has 0 spiro atoms. The van der Waals surface area contributed by atoms with Crippen LogP contribution in [0.1, 0.15) is 43.0 Å². The van der Waals surface area contributed by atoms with Gasteiger partial charge in [-0.3, -0.25) is 9.78 Å². The minimum absolute atomic E-state index is 0.00511. The maximum Gasteiger partial charge on any atom is 0.237 e. The van der Waals surface area contributed by atoms with Crippen molar-refractivity contribution >= 4 is 23.1 Å². The third kappa shape index (κ3) is 7.82. The van der Waals surface area contributed by atoms with Gasteiger partial charge in [-0.2, -0.15) is 5.26 Å². The van der Waals surface area contributed by atoms with Crippen LogP contribution < -0.4 is 14.8 Å². The minimum Gasteiger partial charge on any atom is -0.490 e. The minimum atomic E-state index is -1.09. The maximum atomic E-state index is 14.6. The summed E-state index contributed by atoms with van der Waals surface area (Å²) in [6.45, 7) is 7.49. The molecule has 2 heterocycles. The number of pyridine rings is 1. The number of carbonyl (C=O) groups is 1. The fraction of sp³-hybridized carbons (Fsp3) is 0.395. The van der Waals surface area contributed by atoms with E-state index in [0.717, 1.165) is 11.1 Å². The first-order valence-electron chi connectivity index (χ1n) is 16.3. The van der Waals surface area contributed by atoms with Gasteiger partial charge in [0.2, 0.25) is 5.91 Å². The van der Waals surface area contributed by atoms with Crippen LogP contribution in [0.25, 0.3) is 5.57 Å². The Labute approximate surface area is 292 Å². The summed E-state index contributed by atoms with van der Waals surface area (Å²) in [5.74, 6) is 0.707. The third-order valence-corrected chi connectivity index (χ3v) is 9.78. The molecule has 10 nitrogen and oxygen atoms in total. The molecule has 258 valence electrons. The van der Waals surface area contributed by atoms with E-state index >= 15 is 0 Å². The lowest BCUT2D eigenvalue weighted by molar-refractivity contribution is -0.150. The average molecular weight is 687 g/mol. The monoisotopic (exact) mass is 686 g/mol. The van der Waals surface area contributed by atoms with Crippen LogP contribution in [-0.2, 0) is 22.7 Å². The zero-order chi connectivity index (χ0) is 35.1. The lowest BCUT2D eigenvalue weighted by atomic mass is 9.58. The number of morpholine rings is 1. The van der Waals surface area contributed by atoms with Gasteiger partial charge >= 0.3 is 0 Å². The normalized spacial score (nSPS) is 18.8. The summed E-state index contributed by atoms with van der Waals surface area (Å²) in [6.07, 6.45) is 9.04. The molecule has 0 radical (unpaired) electrons. The van der Waals surface area contributed by atoms with Gasteiger partial charge in [-0.25, -0.2) is 0 Å². The predicted octanol–water partition coefficient (Wildman–Crippen LogP) is 4.92. The van der Waals surface area contributed by atoms with E-state index in [1.54, 1.807) is 31.3 Å². The number of benzene rings is 2. The number of rotatable bonds is 13. The average Bonchev–Trinajstić information content (AvgIpc) is 3.13. The van der Waals surface area contributed by atoms with Crippen LogP contribution in [0.2, 0.25) is 5.02 Å². The van der Waals surface area contributed by atoms with Gasteiger partial charge in [0, 0.05) is 54.6 Å². The van der Waals surface area contributed by atoms with Gasteiger partial charge in [-0.1, -0.05) is 74.0 Å². The van der Waals surface area contributed by atoms with E-state index in [4.69, 9.17) is 25.8 Å². The highest BCUT2D eigenvalue weighted by molar-refractivity contribution is 6.32. The summed E-state index contributed by atoms with van der Waals surface area (Å²) < 4.78 is 18.4. The number of nitriles is 1. The Morgan fingerprint density at radius 3 is 2.53 bits per heavy atom. The standard InChI is InChI=1S/C38H43ClN4O6/c1-36(2)31(29-8-5-4-6-9-29)10-7-11-38(36,35(46)43-12-14-47-15-13-43)26-49-34-18-33(48-23-28-16-27(19-40)20-41-21-28)30(17-32(34)39)22-42-37(3,24-44)25-45/h4-11,16-18,20-21,42,44-45H,12-15,22-26H2,1-3H3. The number of aromatic nitrogens is 1. The molecule has 0 saturated carbocycles. The molecule has 0 bridgehead atoms. The molecule has 3 N–H and O–H groups in total. The molecule has 3 aromatic rings. The van der Waals surface area contributed by atoms with Crippen molar-refractivity contribution in [2.75, 3.05) is 46.1 Å². The summed E-state index contributed by atoms with van der Waals surface area (Å²) >= 11 is 6.87. The predicted molar refractivity (Wildman–Crippen MR) is 187 cm³/mol. The first-order valence-corrected chi connectivity index (χ1v) is 16.6. The molecule has 1 aliphatic carbocycles. The Hall–Kier alpha value is -4.24. The summed E-state index contributed by atoms with van der Waals surface area (Å²) in [7, 11) is 0. The number of ether oxygens (including phenoxy) is 3. The first-order chi connectivity index (χ1) is 23.6. The summed E-state index contributed by atoms with van der Waals surface area (Å²) in [6, 6.07) is 17.2. The van der Waals surface area contributed by atoms with Crippen LogP contribution in [0.4, 0.5) is 0 Å². The van der Waals surface area contributed by atoms with Gasteiger partial charge in [0.1, 0.15) is 36.2 Å². The second kappa shape index (κ2) is 15.5. The van der Waals surface area contributed by atoms with E-state index in [0.29, 0.717) is 59.5 Å². The Bertz CT molecular complexity index is 1730. The number of aliphatic hydroxyl groups excluding tert-OH is 2. The van der Waals surface area contributed by atoms with E-state index in [-0.39, 0.29) is 38.9 Å². The number of aliphatic hydroxyl groups is 2. The van der Waals surface area contributed by atoms with Crippen molar-refractivity contribution in [1.29, 1.82) is 5.26 Å². The summed E-state index contributed by atoms with van der Waals surface area (Å²) in [5, 5.41) is 32.5. The van der Waals surface area contributed by atoms with Crippen molar-refractivity contribution in [2.24, 2.45) is 10.8 Å². The van der Waals surface area contributed by atoms with Crippen molar-refractivity contribution in [1.82, 2.24) is 15.2 Å². The molecular formula is C38H43ClN4O6. The first kappa shape index (κ1) is 36.1. The molecule has 11 heteroatoms. The lowest BCUT2D eigenvalue weighted by Gasteiger charge is -2.49. The van der Waals surface area contributed by atoms with Crippen LogP contribution >= 0.6 is 11.6 Å². The Morgan fingerprint density at radius 2 is 1.84 bits per heavy atom. The van der Waals surface area contributed by atoms with Crippen LogP contribution in [-0.4, -0.2) is 77.7 Å².